The third-order valence-corrected chi connectivity index (χ3v) is 14.3. The van der Waals surface area contributed by atoms with Crippen LogP contribution in [0.3, 0.4) is 0 Å². The first-order valence-corrected chi connectivity index (χ1v) is 23.0. The van der Waals surface area contributed by atoms with Crippen molar-refractivity contribution in [3.05, 3.63) is 124 Å². The third-order valence-electron chi connectivity index (χ3n) is 12.2. The predicted molar refractivity (Wildman–Crippen MR) is 238 cm³/mol. The van der Waals surface area contributed by atoms with Crippen LogP contribution in [0.1, 0.15) is 39.8 Å². The van der Waals surface area contributed by atoms with E-state index < -0.39 is 37.1 Å². The molecule has 61 heavy (non-hydrogen) atoms. The fourth-order valence-corrected chi connectivity index (χ4v) is 10.6. The average molecular weight is 871 g/mol. The van der Waals surface area contributed by atoms with Gasteiger partial charge >= 0.3 is 0 Å². The molecule has 4 fully saturated rings. The molecule has 9 rings (SSSR count). The maximum atomic E-state index is 13.2. The van der Waals surface area contributed by atoms with Gasteiger partial charge in [0.05, 0.1) is 29.9 Å². The summed E-state index contributed by atoms with van der Waals surface area (Å²) < 4.78 is 20.9. The first-order chi connectivity index (χ1) is 29.6. The number of nitrogens with one attached hydrogen (secondary N) is 1. The molecule has 7 atom stereocenters. The van der Waals surface area contributed by atoms with Crippen molar-refractivity contribution in [1.82, 2.24) is 24.9 Å². The van der Waals surface area contributed by atoms with Gasteiger partial charge in [-0.2, -0.15) is 5.10 Å². The zero-order valence-corrected chi connectivity index (χ0v) is 36.1. The van der Waals surface area contributed by atoms with Gasteiger partial charge in [-0.05, 0) is 78.9 Å². The van der Waals surface area contributed by atoms with Gasteiger partial charge in [-0.25, -0.2) is 9.07 Å². The van der Waals surface area contributed by atoms with E-state index >= 15 is 0 Å². The van der Waals surface area contributed by atoms with Crippen LogP contribution in [0.15, 0.2) is 91.0 Å². The van der Waals surface area contributed by atoms with Crippen LogP contribution in [0.5, 0.6) is 0 Å². The summed E-state index contributed by atoms with van der Waals surface area (Å²) in [6.07, 6.45) is -4.28. The summed E-state index contributed by atoms with van der Waals surface area (Å²) in [4.78, 5) is 21.9. The predicted octanol–water partition coefficient (Wildman–Crippen LogP) is 4.53. The van der Waals surface area contributed by atoms with Gasteiger partial charge in [0, 0.05) is 73.3 Å². The summed E-state index contributed by atoms with van der Waals surface area (Å²) in [5.41, 5.74) is 5.89. The molecule has 5 N–H and O–H groups in total. The zero-order chi connectivity index (χ0) is 42.6. The smallest absolute Gasteiger partial charge is 0.240 e. The van der Waals surface area contributed by atoms with Crippen LogP contribution < -0.4 is 10.2 Å². The molecule has 5 aromatic rings. The maximum Gasteiger partial charge on any atom is 0.240 e. The largest absolute Gasteiger partial charge is 0.394 e. The number of halogens is 1. The van der Waals surface area contributed by atoms with Crippen molar-refractivity contribution in [2.75, 3.05) is 62.4 Å². The number of aromatic nitrogens is 2. The van der Waals surface area contributed by atoms with Crippen LogP contribution in [0.4, 0.5) is 10.2 Å². The maximum absolute atomic E-state index is 13.2. The number of ether oxygens (including phenoxy) is 1. The van der Waals surface area contributed by atoms with Crippen molar-refractivity contribution in [2.45, 2.75) is 69.3 Å². The van der Waals surface area contributed by atoms with Gasteiger partial charge in [0.15, 0.2) is 0 Å². The van der Waals surface area contributed by atoms with Crippen molar-refractivity contribution < 1.29 is 34.3 Å². The molecule has 15 heteroatoms. The fourth-order valence-electron chi connectivity index (χ4n) is 8.64. The van der Waals surface area contributed by atoms with Crippen molar-refractivity contribution >= 4 is 34.8 Å². The van der Waals surface area contributed by atoms with Gasteiger partial charge in [0.25, 0.3) is 0 Å². The van der Waals surface area contributed by atoms with E-state index in [1.54, 1.807) is 23.5 Å². The third kappa shape index (κ3) is 9.90. The molecular weight excluding hydrogens is 816 g/mol. The minimum Gasteiger partial charge on any atom is -0.394 e. The molecule has 12 nitrogen and oxygen atoms in total. The van der Waals surface area contributed by atoms with Gasteiger partial charge < -0.3 is 40.3 Å². The first kappa shape index (κ1) is 43.5. The topological polar surface area (TPSA) is 147 Å². The lowest BCUT2D eigenvalue weighted by Crippen LogP contribution is -2.55. The highest BCUT2D eigenvalue weighted by Gasteiger charge is 2.44. The Morgan fingerprint density at radius 2 is 1.67 bits per heavy atom. The Morgan fingerprint density at radius 3 is 2.39 bits per heavy atom. The second kappa shape index (κ2) is 19.5. The summed E-state index contributed by atoms with van der Waals surface area (Å²) in [6.45, 7) is 9.42. The van der Waals surface area contributed by atoms with Crippen molar-refractivity contribution in [1.29, 1.82) is 0 Å². The van der Waals surface area contributed by atoms with Crippen LogP contribution in [0.2, 0.25) is 0 Å². The highest BCUT2D eigenvalue weighted by Crippen LogP contribution is 2.35. The molecule has 4 aliphatic rings. The molecule has 0 unspecified atom stereocenters. The lowest BCUT2D eigenvalue weighted by Gasteiger charge is -2.40. The number of hydrogen-bond acceptors (Lipinski definition) is 12. The molecule has 324 valence electrons. The van der Waals surface area contributed by atoms with Gasteiger partial charge in [-0.1, -0.05) is 48.5 Å². The Kier molecular flexibility index (Phi) is 13.9. The molecule has 0 spiro atoms. The number of thiophene rings is 1. The summed E-state index contributed by atoms with van der Waals surface area (Å²) in [7, 11) is 0. The molecule has 0 bridgehead atoms. The van der Waals surface area contributed by atoms with Crippen LogP contribution in [-0.4, -0.2) is 140 Å². The Bertz CT molecular complexity index is 2230. The summed E-state index contributed by atoms with van der Waals surface area (Å²) in [5.74, 6) is 3.13. The number of carbonyl (C=O) groups excluding carboxylic acids is 1. The highest BCUT2D eigenvalue weighted by atomic mass is 32.2. The molecule has 2 aromatic heterocycles. The van der Waals surface area contributed by atoms with Gasteiger partial charge in [-0.15, -0.1) is 23.1 Å². The van der Waals surface area contributed by atoms with E-state index in [-0.39, 0.29) is 11.9 Å². The summed E-state index contributed by atoms with van der Waals surface area (Å²) in [5, 5.41) is 48.2. The number of aliphatic hydroxyl groups is 4. The minimum absolute atomic E-state index is 0.00566. The van der Waals surface area contributed by atoms with E-state index in [9.17, 15) is 29.6 Å². The molecule has 4 saturated heterocycles. The van der Waals surface area contributed by atoms with E-state index in [4.69, 9.17) is 9.84 Å². The lowest BCUT2D eigenvalue weighted by atomic mass is 9.89. The minimum atomic E-state index is -1.41. The standard InChI is InChI=1S/C24H25FO5S.C22H30N6OS/c1-13-2-3-15(24-23(29)22(28)21(27)19(12-26)30-24)10-16(13)11-18-8-9-20(31-18)14-4-6-17(25)7-5-14;1-17-13-21(28(24-17)18-5-3-2-4-6-18)26-9-7-25(8-10-26)19-14-20(23-15-19)22(29)27-11-12-30-16-27/h2-10,19,21-24,26-29H,11-12H2,1H3;2-6,13,19-20,23H,7-12,14-16H2,1H3/t19-,21-,22+,23-,24+;19-,20-/m10/s1. The molecule has 0 aliphatic carbocycles. The number of nitrogens with zero attached hydrogens (tertiary/aromatic N) is 5. The molecule has 3 aromatic carbocycles. The number of piperazine rings is 1. The number of anilines is 1. The fraction of sp³-hybridized carbons (Fsp3) is 0.435. The first-order valence-electron chi connectivity index (χ1n) is 21.0. The number of hydrogen-bond donors (Lipinski definition) is 5. The second-order valence-electron chi connectivity index (χ2n) is 16.3. The number of aliphatic hydroxyl groups excluding tert-OH is 4. The van der Waals surface area contributed by atoms with Crippen molar-refractivity contribution in [3.63, 3.8) is 0 Å². The Hall–Kier alpha value is -4.16. The second-order valence-corrected chi connectivity index (χ2v) is 18.5. The lowest BCUT2D eigenvalue weighted by molar-refractivity contribution is -0.231. The molecule has 1 amide bonds. The number of thioether (sulfide) groups is 1. The van der Waals surface area contributed by atoms with E-state index in [2.05, 4.69) is 57.1 Å². The van der Waals surface area contributed by atoms with E-state index in [1.807, 2.05) is 60.0 Å². The van der Waals surface area contributed by atoms with Gasteiger partial charge in [-0.3, -0.25) is 9.69 Å². The zero-order valence-electron chi connectivity index (χ0n) is 34.5. The van der Waals surface area contributed by atoms with Crippen molar-refractivity contribution in [3.8, 4) is 16.1 Å². The number of amides is 1. The number of rotatable bonds is 9. The van der Waals surface area contributed by atoms with Crippen LogP contribution >= 0.6 is 23.1 Å². The molecule has 0 radical (unpaired) electrons. The Labute approximate surface area is 364 Å². The average Bonchev–Trinajstić information content (AvgIpc) is 4.13. The molecule has 0 saturated carbocycles. The molecule has 4 aliphatic heterocycles. The molecule has 6 heterocycles. The summed E-state index contributed by atoms with van der Waals surface area (Å²) in [6, 6.07) is 29.1. The number of para-hydroxylation sites is 1. The normalized spacial score (nSPS) is 25.7. The quantitative estimate of drug-likeness (QED) is 0.143. The van der Waals surface area contributed by atoms with Crippen molar-refractivity contribution in [2.24, 2.45) is 0 Å². The van der Waals surface area contributed by atoms with E-state index in [0.717, 1.165) is 95.1 Å². The number of benzene rings is 3. The molecular formula is C46H55FN6O6S2. The van der Waals surface area contributed by atoms with Crippen LogP contribution in [0.25, 0.3) is 16.1 Å². The van der Waals surface area contributed by atoms with E-state index in [0.29, 0.717) is 23.9 Å². The van der Waals surface area contributed by atoms with Crippen LogP contribution in [-0.2, 0) is 16.0 Å². The summed E-state index contributed by atoms with van der Waals surface area (Å²) >= 11 is 3.48. The SMILES string of the molecule is Cc1cc(N2CCN([C@@H]3CN[C@H](C(=O)N4CCSC4)C3)CC2)n(-c2ccccc2)n1.Cc1ccc([C@@H]2O[C@H](CO)[C@@H](O)[C@H](O)[C@H]2O)cc1Cc1ccc(-c2ccc(F)cc2)s1. The highest BCUT2D eigenvalue weighted by molar-refractivity contribution is 7.99. The number of aryl methyl sites for hydroxylation is 2. The van der Waals surface area contributed by atoms with Crippen LogP contribution in [0, 0.1) is 19.7 Å². The number of carbonyl (C=O) groups is 1. The monoisotopic (exact) mass is 870 g/mol. The van der Waals surface area contributed by atoms with Gasteiger partial charge in [0.2, 0.25) is 5.91 Å². The van der Waals surface area contributed by atoms with E-state index in [1.165, 1.54) is 18.0 Å². The Morgan fingerprint density at radius 1 is 0.902 bits per heavy atom. The van der Waals surface area contributed by atoms with Gasteiger partial charge in [0.1, 0.15) is 42.2 Å². The Balaban J connectivity index is 0.000000168.